The minimum absolute atomic E-state index is 0. The summed E-state index contributed by atoms with van der Waals surface area (Å²) in [6.07, 6.45) is 1.39. The molecule has 0 bridgehead atoms. The summed E-state index contributed by atoms with van der Waals surface area (Å²) >= 11 is 0. The molecule has 0 saturated heterocycles. The summed E-state index contributed by atoms with van der Waals surface area (Å²) < 4.78 is 0.312. The van der Waals surface area contributed by atoms with Gasteiger partial charge in [0.1, 0.15) is 5.65 Å². The number of hydrogen-bond acceptors (Lipinski definition) is 4. The summed E-state index contributed by atoms with van der Waals surface area (Å²) in [6, 6.07) is 0. The molecule has 0 spiro atoms. The van der Waals surface area contributed by atoms with Crippen molar-refractivity contribution in [1.29, 1.82) is 5.26 Å². The molecule has 0 aliphatic heterocycles. The van der Waals surface area contributed by atoms with E-state index in [9.17, 15) is 14.4 Å². The summed E-state index contributed by atoms with van der Waals surface area (Å²) in [5, 5.41) is 8.46. The Balaban J connectivity index is 0.00000112. The number of aromatic nitrogens is 4. The first kappa shape index (κ1) is 11.5. The van der Waals surface area contributed by atoms with E-state index in [0.29, 0.717) is 4.57 Å². The van der Waals surface area contributed by atoms with Gasteiger partial charge in [0.05, 0.1) is 0 Å². The van der Waals surface area contributed by atoms with Crippen LogP contribution < -0.4 is 16.9 Å². The molecular weight excluding hydrogens is 213 g/mol. The fourth-order valence-corrected chi connectivity index (χ4v) is 1.10. The van der Waals surface area contributed by atoms with Crippen molar-refractivity contribution in [2.24, 2.45) is 0 Å². The number of fused-ring (bicyclic) bond motifs is 1. The van der Waals surface area contributed by atoms with E-state index in [1.54, 1.807) is 0 Å². The van der Waals surface area contributed by atoms with Gasteiger partial charge in [-0.3, -0.25) is 19.7 Å². The smallest absolute Gasteiger partial charge is 0.300 e. The van der Waals surface area contributed by atoms with Gasteiger partial charge in [0, 0.05) is 29.6 Å². The van der Waals surface area contributed by atoms with Crippen LogP contribution in [0, 0.1) is 11.5 Å². The van der Waals surface area contributed by atoms with Crippen molar-refractivity contribution in [3.05, 3.63) is 31.3 Å². The van der Waals surface area contributed by atoms with E-state index < -0.39 is 16.9 Å². The van der Waals surface area contributed by atoms with Gasteiger partial charge in [-0.15, -0.1) is 0 Å². The first-order valence-electron chi connectivity index (χ1n) is 3.51. The minimum Gasteiger partial charge on any atom is -0.300 e. The quantitative estimate of drug-likeness (QED) is 0.426. The maximum absolute atomic E-state index is 11.3. The number of hydrogen-bond donors (Lipinski definition) is 3. The second kappa shape index (κ2) is 3.90. The number of imidazole rings is 1. The Bertz CT molecular complexity index is 711. The van der Waals surface area contributed by atoms with Crippen molar-refractivity contribution in [3.8, 4) is 6.19 Å². The maximum Gasteiger partial charge on any atom is 0.343 e. The van der Waals surface area contributed by atoms with Crippen molar-refractivity contribution < 1.29 is 0 Å². The SMILES string of the molecule is N#Cn1c(=O)[nH]c2[nH]c(=O)[nH]c2c1=O.[Na]. The topological polar surface area (TPSA) is 127 Å². The summed E-state index contributed by atoms with van der Waals surface area (Å²) in [5.41, 5.74) is -2.51. The number of H-pyrrole nitrogens is 3. The molecule has 15 heavy (non-hydrogen) atoms. The van der Waals surface area contributed by atoms with E-state index in [4.69, 9.17) is 5.26 Å². The molecule has 8 nitrogen and oxygen atoms in total. The van der Waals surface area contributed by atoms with Crippen LogP contribution in [0.5, 0.6) is 0 Å². The molecule has 0 aromatic carbocycles. The fourth-order valence-electron chi connectivity index (χ4n) is 1.10. The average molecular weight is 216 g/mol. The minimum atomic E-state index is -0.889. The van der Waals surface area contributed by atoms with Crippen molar-refractivity contribution in [3.63, 3.8) is 0 Å². The molecule has 2 heterocycles. The Hall–Kier alpha value is -1.56. The summed E-state index contributed by atoms with van der Waals surface area (Å²) in [6.45, 7) is 0. The first-order valence-corrected chi connectivity index (χ1v) is 3.51. The van der Waals surface area contributed by atoms with Gasteiger partial charge in [-0.25, -0.2) is 9.59 Å². The molecule has 9 heteroatoms. The van der Waals surface area contributed by atoms with Crippen LogP contribution in [0.1, 0.15) is 0 Å². The second-order valence-electron chi connectivity index (χ2n) is 2.50. The molecule has 3 N–H and O–H groups in total. The monoisotopic (exact) mass is 216 g/mol. The zero-order chi connectivity index (χ0) is 10.3. The standard InChI is InChI=1S/C6H3N5O3.Na/c7-1-11-4(12)2-3(10-6(11)14)9-5(13)8-2;/h(H,10,14)(H2,8,9,13);. The van der Waals surface area contributed by atoms with Gasteiger partial charge >= 0.3 is 11.4 Å². The molecule has 2 aromatic heterocycles. The van der Waals surface area contributed by atoms with Gasteiger partial charge in [0.25, 0.3) is 5.56 Å². The molecule has 71 valence electrons. The molecule has 0 fully saturated rings. The fraction of sp³-hybridized carbons (Fsp3) is 0. The van der Waals surface area contributed by atoms with Crippen molar-refractivity contribution in [2.45, 2.75) is 0 Å². The van der Waals surface area contributed by atoms with Crippen LogP contribution in [-0.4, -0.2) is 49.1 Å². The van der Waals surface area contributed by atoms with Crippen LogP contribution in [-0.2, 0) is 0 Å². The van der Waals surface area contributed by atoms with Gasteiger partial charge < -0.3 is 0 Å². The van der Waals surface area contributed by atoms with Crippen molar-refractivity contribution in [2.75, 3.05) is 0 Å². The van der Waals surface area contributed by atoms with E-state index in [-0.39, 0.29) is 40.7 Å². The van der Waals surface area contributed by atoms with Gasteiger partial charge in [-0.2, -0.15) is 9.83 Å². The number of aromatic amines is 3. The zero-order valence-corrected chi connectivity index (χ0v) is 9.62. The predicted molar refractivity (Wildman–Crippen MR) is 50.6 cm³/mol. The van der Waals surface area contributed by atoms with Crippen molar-refractivity contribution >= 4 is 40.7 Å². The molecule has 1 radical (unpaired) electrons. The van der Waals surface area contributed by atoms with Crippen LogP contribution >= 0.6 is 0 Å². The Morgan fingerprint density at radius 2 is 1.80 bits per heavy atom. The molecule has 2 rings (SSSR count). The Kier molecular flexibility index (Phi) is 2.99. The van der Waals surface area contributed by atoms with E-state index >= 15 is 0 Å². The molecule has 0 aliphatic carbocycles. The molecule has 0 saturated carbocycles. The first-order chi connectivity index (χ1) is 6.63. The van der Waals surface area contributed by atoms with E-state index in [1.807, 2.05) is 0 Å². The normalized spacial score (nSPS) is 9.53. The molecule has 0 aliphatic rings. The van der Waals surface area contributed by atoms with Crippen LogP contribution in [0.4, 0.5) is 0 Å². The molecule has 0 amide bonds. The molecule has 2 aromatic rings. The third-order valence-corrected chi connectivity index (χ3v) is 1.68. The molecule has 0 atom stereocenters. The number of rotatable bonds is 0. The van der Waals surface area contributed by atoms with Crippen LogP contribution in [0.3, 0.4) is 0 Å². The van der Waals surface area contributed by atoms with E-state index in [0.717, 1.165) is 0 Å². The van der Waals surface area contributed by atoms with Crippen LogP contribution in [0.25, 0.3) is 11.2 Å². The van der Waals surface area contributed by atoms with Crippen LogP contribution in [0.15, 0.2) is 14.4 Å². The number of nitriles is 1. The zero-order valence-electron chi connectivity index (χ0n) is 7.62. The third kappa shape index (κ3) is 1.68. The van der Waals surface area contributed by atoms with E-state index in [2.05, 4.69) is 15.0 Å². The van der Waals surface area contributed by atoms with Gasteiger partial charge in [0.2, 0.25) is 0 Å². The van der Waals surface area contributed by atoms with Gasteiger partial charge in [-0.1, -0.05) is 0 Å². The third-order valence-electron chi connectivity index (χ3n) is 1.68. The average Bonchev–Trinajstić information content (AvgIpc) is 2.47. The maximum atomic E-state index is 11.3. The largest absolute Gasteiger partial charge is 0.343 e. The summed E-state index contributed by atoms with van der Waals surface area (Å²) in [4.78, 5) is 39.7. The summed E-state index contributed by atoms with van der Waals surface area (Å²) in [7, 11) is 0. The van der Waals surface area contributed by atoms with Gasteiger partial charge in [0.15, 0.2) is 11.7 Å². The Morgan fingerprint density at radius 1 is 1.13 bits per heavy atom. The Labute approximate surface area is 103 Å². The van der Waals surface area contributed by atoms with Gasteiger partial charge in [-0.05, 0) is 0 Å². The van der Waals surface area contributed by atoms with Crippen molar-refractivity contribution in [1.82, 2.24) is 19.5 Å². The van der Waals surface area contributed by atoms with E-state index in [1.165, 1.54) is 6.19 Å². The number of nitrogens with one attached hydrogen (secondary N) is 3. The van der Waals surface area contributed by atoms with Crippen LogP contribution in [0.2, 0.25) is 0 Å². The Morgan fingerprint density at radius 3 is 2.40 bits per heavy atom. The predicted octanol–water partition coefficient (Wildman–Crippen LogP) is -2.35. The molecule has 0 unspecified atom stereocenters. The summed E-state index contributed by atoms with van der Waals surface area (Å²) in [5.74, 6) is 0. The number of nitrogens with zero attached hydrogens (tertiary/aromatic N) is 2. The second-order valence-corrected chi connectivity index (χ2v) is 2.50. The molecular formula is C6H3N5NaO3.